The normalized spacial score (nSPS) is 15.1. The van der Waals surface area contributed by atoms with Gasteiger partial charge in [-0.3, -0.25) is 9.69 Å². The Morgan fingerprint density at radius 3 is 2.28 bits per heavy atom. The zero-order chi connectivity index (χ0) is 25.9. The predicted molar refractivity (Wildman–Crippen MR) is 119 cm³/mol. The fourth-order valence-electron chi connectivity index (χ4n) is 4.07. The number of ether oxygens (including phenoxy) is 1. The van der Waals surface area contributed by atoms with Gasteiger partial charge >= 0.3 is 12.1 Å². The molecule has 1 fully saturated rings. The number of carboxylic acid groups (broad SMARTS) is 1. The van der Waals surface area contributed by atoms with Gasteiger partial charge in [0.1, 0.15) is 17.4 Å². The minimum Gasteiger partial charge on any atom is -0.481 e. The quantitative estimate of drug-likeness (QED) is 0.400. The van der Waals surface area contributed by atoms with Gasteiger partial charge in [-0.2, -0.15) is 18.2 Å². The number of nitrogens with zero attached hydrogens (tertiary/aromatic N) is 3. The van der Waals surface area contributed by atoms with Gasteiger partial charge in [0, 0.05) is 36.4 Å². The lowest BCUT2D eigenvalue weighted by Crippen LogP contribution is -2.34. The molecule has 0 bridgehead atoms. The zero-order valence-corrected chi connectivity index (χ0v) is 18.9. The first-order chi connectivity index (χ1) is 17.1. The van der Waals surface area contributed by atoms with Crippen molar-refractivity contribution in [3.05, 3.63) is 71.4 Å². The Hall–Kier alpha value is -3.60. The van der Waals surface area contributed by atoms with E-state index in [0.29, 0.717) is 25.9 Å². The predicted octanol–water partition coefficient (Wildman–Crippen LogP) is 5.92. The molecule has 0 amide bonds. The van der Waals surface area contributed by atoms with Gasteiger partial charge in [0.2, 0.25) is 5.88 Å². The van der Waals surface area contributed by atoms with Crippen molar-refractivity contribution >= 4 is 5.97 Å². The van der Waals surface area contributed by atoms with Crippen molar-refractivity contribution in [3.8, 4) is 23.0 Å². The van der Waals surface area contributed by atoms with Crippen molar-refractivity contribution in [2.75, 3.05) is 13.1 Å². The molecular formula is C25H22F5N3O3. The SMILES string of the molecule is O=C(O)CC1CCN(Cc2c(F)cc(-c3nccc(Oc4ccc(C(F)(F)F)cc4)n3)cc2F)CC1. The highest BCUT2D eigenvalue weighted by molar-refractivity contribution is 5.67. The summed E-state index contributed by atoms with van der Waals surface area (Å²) in [5.41, 5.74) is -0.853. The minimum absolute atomic E-state index is 0.00566. The Balaban J connectivity index is 1.45. The zero-order valence-electron chi connectivity index (χ0n) is 18.9. The van der Waals surface area contributed by atoms with Gasteiger partial charge < -0.3 is 9.84 Å². The van der Waals surface area contributed by atoms with Gasteiger partial charge in [-0.15, -0.1) is 0 Å². The molecule has 1 aliphatic rings. The van der Waals surface area contributed by atoms with E-state index in [-0.39, 0.29) is 47.5 Å². The van der Waals surface area contributed by atoms with E-state index in [4.69, 9.17) is 9.84 Å². The van der Waals surface area contributed by atoms with Crippen LogP contribution in [0.3, 0.4) is 0 Å². The Morgan fingerprint density at radius 2 is 1.69 bits per heavy atom. The van der Waals surface area contributed by atoms with Gasteiger partial charge in [0.15, 0.2) is 5.82 Å². The van der Waals surface area contributed by atoms with Gasteiger partial charge in [-0.05, 0) is 68.2 Å². The fourth-order valence-corrected chi connectivity index (χ4v) is 4.07. The Kier molecular flexibility index (Phi) is 7.48. The summed E-state index contributed by atoms with van der Waals surface area (Å²) in [5.74, 6) is -2.24. The Labute approximate surface area is 203 Å². The second-order valence-corrected chi connectivity index (χ2v) is 8.58. The molecule has 0 aliphatic carbocycles. The maximum Gasteiger partial charge on any atom is 0.416 e. The van der Waals surface area contributed by atoms with Crippen molar-refractivity contribution in [1.29, 1.82) is 0 Å². The number of halogens is 5. The lowest BCUT2D eigenvalue weighted by molar-refractivity contribution is -0.139. The molecule has 36 heavy (non-hydrogen) atoms. The van der Waals surface area contributed by atoms with Crippen LogP contribution in [0, 0.1) is 17.6 Å². The van der Waals surface area contributed by atoms with E-state index in [1.54, 1.807) is 0 Å². The number of likely N-dealkylation sites (tertiary alicyclic amines) is 1. The van der Waals surface area contributed by atoms with Crippen molar-refractivity contribution in [3.63, 3.8) is 0 Å². The van der Waals surface area contributed by atoms with Crippen LogP contribution in [0.25, 0.3) is 11.4 Å². The third-order valence-corrected chi connectivity index (χ3v) is 5.99. The molecule has 2 heterocycles. The summed E-state index contributed by atoms with van der Waals surface area (Å²) < 4.78 is 73.4. The summed E-state index contributed by atoms with van der Waals surface area (Å²) in [6, 6.07) is 7.63. The van der Waals surface area contributed by atoms with Crippen LogP contribution in [0.2, 0.25) is 0 Å². The largest absolute Gasteiger partial charge is 0.481 e. The Bertz CT molecular complexity index is 1200. The van der Waals surface area contributed by atoms with Gasteiger partial charge in [0.05, 0.1) is 5.56 Å². The number of piperidine rings is 1. The lowest BCUT2D eigenvalue weighted by Gasteiger charge is -2.31. The van der Waals surface area contributed by atoms with Crippen LogP contribution in [0.1, 0.15) is 30.4 Å². The number of hydrogen-bond donors (Lipinski definition) is 1. The van der Waals surface area contributed by atoms with Crippen LogP contribution < -0.4 is 4.74 Å². The molecule has 1 saturated heterocycles. The molecule has 190 valence electrons. The molecule has 0 saturated carbocycles. The molecule has 4 rings (SSSR count). The molecule has 11 heteroatoms. The second kappa shape index (κ2) is 10.6. The van der Waals surface area contributed by atoms with E-state index in [9.17, 15) is 26.7 Å². The Morgan fingerprint density at radius 1 is 1.06 bits per heavy atom. The van der Waals surface area contributed by atoms with Crippen LogP contribution in [0.4, 0.5) is 22.0 Å². The van der Waals surface area contributed by atoms with Crippen molar-refractivity contribution in [2.24, 2.45) is 5.92 Å². The third-order valence-electron chi connectivity index (χ3n) is 5.99. The molecular weight excluding hydrogens is 485 g/mol. The van der Waals surface area contributed by atoms with E-state index in [1.165, 1.54) is 12.3 Å². The molecule has 6 nitrogen and oxygen atoms in total. The van der Waals surface area contributed by atoms with Crippen LogP contribution in [-0.4, -0.2) is 39.0 Å². The summed E-state index contributed by atoms with van der Waals surface area (Å²) in [6.07, 6.45) is -1.78. The molecule has 0 spiro atoms. The fraction of sp³-hybridized carbons (Fsp3) is 0.320. The second-order valence-electron chi connectivity index (χ2n) is 8.58. The van der Waals surface area contributed by atoms with Crippen LogP contribution in [-0.2, 0) is 17.5 Å². The first-order valence-electron chi connectivity index (χ1n) is 11.2. The lowest BCUT2D eigenvalue weighted by atomic mass is 9.93. The average Bonchev–Trinajstić information content (AvgIpc) is 2.82. The molecule has 0 unspecified atom stereocenters. The molecule has 3 aromatic rings. The van der Waals surface area contributed by atoms with E-state index in [1.807, 2.05) is 4.90 Å². The third kappa shape index (κ3) is 6.34. The minimum atomic E-state index is -4.47. The molecule has 0 radical (unpaired) electrons. The van der Waals surface area contributed by atoms with Crippen LogP contribution in [0.15, 0.2) is 48.7 Å². The monoisotopic (exact) mass is 507 g/mol. The number of aliphatic carboxylic acids is 1. The number of carboxylic acids is 1. The molecule has 1 aliphatic heterocycles. The maximum atomic E-state index is 14.9. The highest BCUT2D eigenvalue weighted by atomic mass is 19.4. The van der Waals surface area contributed by atoms with Crippen LogP contribution in [0.5, 0.6) is 11.6 Å². The number of alkyl halides is 3. The summed E-state index contributed by atoms with van der Waals surface area (Å²) in [4.78, 5) is 20.9. The average molecular weight is 507 g/mol. The number of aromatic nitrogens is 2. The van der Waals surface area contributed by atoms with E-state index in [0.717, 1.165) is 36.4 Å². The number of rotatable bonds is 7. The number of benzene rings is 2. The van der Waals surface area contributed by atoms with E-state index >= 15 is 0 Å². The summed E-state index contributed by atoms with van der Waals surface area (Å²) in [7, 11) is 0. The first-order valence-corrected chi connectivity index (χ1v) is 11.2. The molecule has 1 aromatic heterocycles. The molecule has 2 aromatic carbocycles. The number of hydrogen-bond acceptors (Lipinski definition) is 5. The summed E-state index contributed by atoms with van der Waals surface area (Å²) in [5, 5.41) is 8.92. The van der Waals surface area contributed by atoms with Gasteiger partial charge in [-0.1, -0.05) is 0 Å². The summed E-state index contributed by atoms with van der Waals surface area (Å²) >= 11 is 0. The van der Waals surface area contributed by atoms with Gasteiger partial charge in [-0.25, -0.2) is 13.8 Å². The standard InChI is InChI=1S/C25H22F5N3O3/c26-20-12-16(13-21(27)19(20)14-33-9-6-15(7-10-33)11-23(34)35)24-31-8-5-22(32-24)36-18-3-1-17(2-4-18)25(28,29)30/h1-5,8,12-13,15H,6-7,9-11,14H2,(H,34,35). The van der Waals surface area contributed by atoms with Gasteiger partial charge in [0.25, 0.3) is 0 Å². The highest BCUT2D eigenvalue weighted by Gasteiger charge is 2.30. The number of carbonyl (C=O) groups is 1. The highest BCUT2D eigenvalue weighted by Crippen LogP contribution is 2.32. The van der Waals surface area contributed by atoms with E-state index < -0.39 is 29.3 Å². The topological polar surface area (TPSA) is 75.5 Å². The van der Waals surface area contributed by atoms with Crippen LogP contribution >= 0.6 is 0 Å². The maximum absolute atomic E-state index is 14.9. The van der Waals surface area contributed by atoms with E-state index in [2.05, 4.69) is 9.97 Å². The van der Waals surface area contributed by atoms with Crippen molar-refractivity contribution < 1.29 is 36.6 Å². The van der Waals surface area contributed by atoms with Crippen molar-refractivity contribution in [1.82, 2.24) is 14.9 Å². The first kappa shape index (κ1) is 25.5. The molecule has 1 N–H and O–H groups in total. The molecule has 0 atom stereocenters. The van der Waals surface area contributed by atoms with Crippen molar-refractivity contribution in [2.45, 2.75) is 32.0 Å². The summed E-state index contributed by atoms with van der Waals surface area (Å²) in [6.45, 7) is 1.14. The smallest absolute Gasteiger partial charge is 0.416 e.